The normalized spacial score (nSPS) is 10.1. The molecule has 0 aliphatic heterocycles. The molecule has 0 atom stereocenters. The van der Waals surface area contributed by atoms with E-state index in [0.717, 1.165) is 6.42 Å². The van der Waals surface area contributed by atoms with Crippen molar-refractivity contribution in [3.05, 3.63) is 42.1 Å². The predicted octanol–water partition coefficient (Wildman–Crippen LogP) is 2.45. The quantitative estimate of drug-likeness (QED) is 0.900. The predicted molar refractivity (Wildman–Crippen MR) is 69.9 cm³/mol. The van der Waals surface area contributed by atoms with E-state index >= 15 is 0 Å². The zero-order chi connectivity index (χ0) is 13.0. The van der Waals surface area contributed by atoms with Gasteiger partial charge in [-0.2, -0.15) is 0 Å². The Labute approximate surface area is 106 Å². The van der Waals surface area contributed by atoms with E-state index < -0.39 is 0 Å². The molecule has 3 N–H and O–H groups in total. The van der Waals surface area contributed by atoms with E-state index in [1.807, 2.05) is 24.3 Å². The van der Waals surface area contributed by atoms with Crippen molar-refractivity contribution in [1.82, 2.24) is 0 Å². The minimum absolute atomic E-state index is 0.485. The minimum Gasteiger partial charge on any atom is -0.493 e. The molecule has 1 aromatic carbocycles. The van der Waals surface area contributed by atoms with E-state index in [1.54, 1.807) is 19.4 Å². The van der Waals surface area contributed by atoms with Gasteiger partial charge in [-0.15, -0.1) is 0 Å². The molecule has 0 saturated carbocycles. The van der Waals surface area contributed by atoms with Crippen molar-refractivity contribution in [3.8, 4) is 17.2 Å². The average molecular weight is 245 g/mol. The van der Waals surface area contributed by atoms with Gasteiger partial charge in [-0.3, -0.25) is 5.73 Å². The summed E-state index contributed by atoms with van der Waals surface area (Å²) in [6, 6.07) is 9.51. The second-order valence-electron chi connectivity index (χ2n) is 3.89. The Balaban J connectivity index is 2.32. The number of aryl methyl sites for hydroxylation is 1. The Kier molecular flexibility index (Phi) is 3.67. The van der Waals surface area contributed by atoms with E-state index in [9.17, 15) is 0 Å². The maximum absolute atomic E-state index is 5.79. The van der Waals surface area contributed by atoms with Crippen molar-refractivity contribution in [1.29, 1.82) is 0 Å². The number of nitrogens with two attached hydrogens (primary N) is 1. The Bertz CT molecular complexity index is 541. The molecule has 94 valence electrons. The molecular formula is C14H17N2O2+. The number of rotatable bonds is 4. The van der Waals surface area contributed by atoms with Crippen LogP contribution in [0, 0.1) is 0 Å². The summed E-state index contributed by atoms with van der Waals surface area (Å²) < 4.78 is 11.1. The Morgan fingerprint density at radius 1 is 1.17 bits per heavy atom. The number of methoxy groups -OCH3 is 1. The second kappa shape index (κ2) is 5.40. The first-order valence-electron chi connectivity index (χ1n) is 5.85. The first kappa shape index (κ1) is 12.2. The molecule has 4 heteroatoms. The summed E-state index contributed by atoms with van der Waals surface area (Å²) in [4.78, 5) is 2.89. The maximum atomic E-state index is 5.79. The number of hydrogen-bond donors (Lipinski definition) is 1. The monoisotopic (exact) mass is 245 g/mol. The summed E-state index contributed by atoms with van der Waals surface area (Å²) in [7, 11) is 1.63. The highest BCUT2D eigenvalue weighted by atomic mass is 16.5. The maximum Gasteiger partial charge on any atom is 0.313 e. The molecule has 0 fully saturated rings. The molecule has 0 unspecified atom stereocenters. The number of ether oxygens (including phenoxy) is 2. The topological polar surface area (TPSA) is 58.6 Å². The number of nitrogens with one attached hydrogen (secondary N) is 1. The lowest BCUT2D eigenvalue weighted by Gasteiger charge is -2.11. The van der Waals surface area contributed by atoms with Gasteiger partial charge in [0.15, 0.2) is 11.5 Å². The minimum atomic E-state index is 0.485. The van der Waals surface area contributed by atoms with Crippen LogP contribution in [0.2, 0.25) is 0 Å². The highest BCUT2D eigenvalue weighted by molar-refractivity contribution is 5.49. The number of nitrogen functional groups attached to an aromatic ring is 1. The summed E-state index contributed by atoms with van der Waals surface area (Å²) in [5.74, 6) is 2.43. The number of aromatic amines is 1. The Morgan fingerprint density at radius 3 is 2.67 bits per heavy atom. The van der Waals surface area contributed by atoms with Crippen LogP contribution in [-0.2, 0) is 6.42 Å². The van der Waals surface area contributed by atoms with Crippen LogP contribution in [0.4, 0.5) is 5.82 Å². The SMILES string of the molecule is CCc1ccc(Oc2ccc[nH+]c2N)c(OC)c1. The zero-order valence-corrected chi connectivity index (χ0v) is 10.6. The van der Waals surface area contributed by atoms with Gasteiger partial charge in [-0.1, -0.05) is 13.0 Å². The van der Waals surface area contributed by atoms with Gasteiger partial charge in [-0.05, 0) is 36.2 Å². The van der Waals surface area contributed by atoms with Crippen LogP contribution in [0.3, 0.4) is 0 Å². The first-order valence-corrected chi connectivity index (χ1v) is 5.85. The molecule has 0 bridgehead atoms. The van der Waals surface area contributed by atoms with Crippen molar-refractivity contribution >= 4 is 5.82 Å². The first-order chi connectivity index (χ1) is 8.74. The van der Waals surface area contributed by atoms with Crippen LogP contribution < -0.4 is 20.2 Å². The molecule has 2 aromatic rings. The van der Waals surface area contributed by atoms with E-state index in [-0.39, 0.29) is 0 Å². The van der Waals surface area contributed by atoms with E-state index in [4.69, 9.17) is 15.2 Å². The molecule has 0 spiro atoms. The van der Waals surface area contributed by atoms with Crippen LogP contribution in [-0.4, -0.2) is 7.11 Å². The Morgan fingerprint density at radius 2 is 2.00 bits per heavy atom. The summed E-state index contributed by atoms with van der Waals surface area (Å²) in [5, 5.41) is 0. The second-order valence-corrected chi connectivity index (χ2v) is 3.89. The third-order valence-electron chi connectivity index (χ3n) is 2.70. The molecule has 0 aliphatic rings. The van der Waals surface area contributed by atoms with Crippen LogP contribution in [0.25, 0.3) is 0 Å². The molecule has 0 radical (unpaired) electrons. The van der Waals surface area contributed by atoms with Gasteiger partial charge in [0, 0.05) is 0 Å². The lowest BCUT2D eigenvalue weighted by molar-refractivity contribution is -0.361. The van der Waals surface area contributed by atoms with Gasteiger partial charge in [0.2, 0.25) is 5.75 Å². The smallest absolute Gasteiger partial charge is 0.313 e. The lowest BCUT2D eigenvalue weighted by atomic mass is 10.1. The van der Waals surface area contributed by atoms with Crippen LogP contribution in [0.15, 0.2) is 36.5 Å². The molecule has 0 aliphatic carbocycles. The number of anilines is 1. The van der Waals surface area contributed by atoms with Gasteiger partial charge in [0.25, 0.3) is 0 Å². The van der Waals surface area contributed by atoms with Crippen LogP contribution in [0.1, 0.15) is 12.5 Å². The molecule has 18 heavy (non-hydrogen) atoms. The molecule has 0 amide bonds. The van der Waals surface area contributed by atoms with E-state index in [1.165, 1.54) is 5.56 Å². The fourth-order valence-electron chi connectivity index (χ4n) is 1.66. The summed E-state index contributed by atoms with van der Waals surface area (Å²) >= 11 is 0. The number of H-pyrrole nitrogens is 1. The summed E-state index contributed by atoms with van der Waals surface area (Å²) in [6.45, 7) is 2.10. The highest BCUT2D eigenvalue weighted by Gasteiger charge is 2.11. The molecule has 1 heterocycles. The standard InChI is InChI=1S/C14H16N2O2/c1-3-10-6-7-11(13(9-10)17-2)18-12-5-4-8-16-14(12)15/h4-9H,3H2,1-2H3,(H2,15,16)/p+1. The van der Waals surface area contributed by atoms with Crippen LogP contribution >= 0.6 is 0 Å². The molecule has 4 nitrogen and oxygen atoms in total. The lowest BCUT2D eigenvalue weighted by Crippen LogP contribution is -2.10. The van der Waals surface area contributed by atoms with Gasteiger partial charge >= 0.3 is 5.82 Å². The van der Waals surface area contributed by atoms with Crippen molar-refractivity contribution in [2.45, 2.75) is 13.3 Å². The zero-order valence-electron chi connectivity index (χ0n) is 10.6. The number of benzene rings is 1. The third-order valence-corrected chi connectivity index (χ3v) is 2.70. The fourth-order valence-corrected chi connectivity index (χ4v) is 1.66. The average Bonchev–Trinajstić information content (AvgIpc) is 2.41. The van der Waals surface area contributed by atoms with Gasteiger partial charge in [-0.25, -0.2) is 4.98 Å². The Hall–Kier alpha value is -2.23. The largest absolute Gasteiger partial charge is 0.493 e. The number of aromatic nitrogens is 1. The van der Waals surface area contributed by atoms with Crippen molar-refractivity contribution < 1.29 is 14.5 Å². The number of pyridine rings is 1. The summed E-state index contributed by atoms with van der Waals surface area (Å²) in [6.07, 6.45) is 2.71. The van der Waals surface area contributed by atoms with Crippen molar-refractivity contribution in [2.75, 3.05) is 12.8 Å². The number of hydrogen-bond acceptors (Lipinski definition) is 3. The van der Waals surface area contributed by atoms with Crippen molar-refractivity contribution in [2.24, 2.45) is 0 Å². The van der Waals surface area contributed by atoms with Crippen molar-refractivity contribution in [3.63, 3.8) is 0 Å². The highest BCUT2D eigenvalue weighted by Crippen LogP contribution is 2.33. The fraction of sp³-hybridized carbons (Fsp3) is 0.214. The summed E-state index contributed by atoms with van der Waals surface area (Å²) in [5.41, 5.74) is 7.00. The molecule has 2 rings (SSSR count). The molecule has 1 aromatic heterocycles. The molecule has 0 saturated heterocycles. The van der Waals surface area contributed by atoms with Gasteiger partial charge < -0.3 is 9.47 Å². The van der Waals surface area contributed by atoms with Gasteiger partial charge in [0.05, 0.1) is 13.3 Å². The van der Waals surface area contributed by atoms with E-state index in [2.05, 4.69) is 11.9 Å². The molecular weight excluding hydrogens is 228 g/mol. The third kappa shape index (κ3) is 2.53. The van der Waals surface area contributed by atoms with E-state index in [0.29, 0.717) is 23.1 Å². The van der Waals surface area contributed by atoms with Crippen LogP contribution in [0.5, 0.6) is 17.2 Å². The van der Waals surface area contributed by atoms with Gasteiger partial charge in [0.1, 0.15) is 0 Å².